The van der Waals surface area contributed by atoms with Crippen LogP contribution in [0.4, 0.5) is 0 Å². The summed E-state index contributed by atoms with van der Waals surface area (Å²) in [4.78, 5) is 164. The summed E-state index contributed by atoms with van der Waals surface area (Å²) in [5, 5.41) is 74.0. The van der Waals surface area contributed by atoms with E-state index in [4.69, 9.17) is 0 Å². The number of benzene rings is 3. The van der Waals surface area contributed by atoms with Crippen LogP contribution in [0.1, 0.15) is 55.7 Å². The van der Waals surface area contributed by atoms with Crippen LogP contribution < -0.4 is 42.5 Å². The third-order valence-electron chi connectivity index (χ3n) is 18.0. The number of aromatic hydroxyl groups is 1. The standard InChI is InChI=1S/C69H99N15O16S.Lu/c1-46(85)63-68(99)76-55(37-47-12-6-5-7-13-47)69(100)79(2)57(20-35-101-45-59(88)72-22-11-4-3-10-21-71-58(87)41-81-27-29-82(42-60(89)90)31-33-84(44-62(93)94)34-32-83(30-28-81)43-61(91)92)67(98)75-53(36-48-16-18-50(86)19-17-48)64(95)74-54(38-49-39-73-52-15-9-8-14-51(49)52)65(96)77-56(66(97)78-63)40-80-25-23-70-24-26-80;/h5-9,12-19,39,46,53-57,63,70,73,85-86H,3-4,10-11,20-38,40-45H2,1-2H3,(H,71,87)(H,72,88)(H,74,95)(H,75,98)(H,76,99)(H,77,96)(H,78,97)(H,89,90)(H,91,92)(H,93,94);/t46-,53+,54+,55+,56+,57+,63+;/m1./s1. The number of aliphatic hydroxyl groups is 1. The van der Waals surface area contributed by atoms with Crippen molar-refractivity contribution in [3.63, 3.8) is 0 Å². The fourth-order valence-electron chi connectivity index (χ4n) is 12.3. The Hall–Kier alpha value is -7.53. The number of H-pyrrole nitrogens is 1. The number of carbonyl (C=O) groups excluding carboxylic acids is 8. The molecule has 14 N–H and O–H groups in total. The zero-order valence-electron chi connectivity index (χ0n) is 57.7. The summed E-state index contributed by atoms with van der Waals surface area (Å²) in [6.07, 6.45) is 2.47. The average molecular weight is 1600 g/mol. The van der Waals surface area contributed by atoms with Crippen LogP contribution in [0.25, 0.3) is 10.9 Å². The van der Waals surface area contributed by atoms with Gasteiger partial charge in [0.15, 0.2) is 0 Å². The van der Waals surface area contributed by atoms with Gasteiger partial charge < -0.3 is 78.0 Å². The van der Waals surface area contributed by atoms with Crippen molar-refractivity contribution in [3.8, 4) is 5.75 Å². The van der Waals surface area contributed by atoms with Crippen molar-refractivity contribution in [3.05, 3.63) is 102 Å². The van der Waals surface area contributed by atoms with Crippen LogP contribution in [-0.2, 0) is 72.0 Å². The third-order valence-corrected chi connectivity index (χ3v) is 19.0. The first-order valence-corrected chi connectivity index (χ1v) is 35.6. The van der Waals surface area contributed by atoms with E-state index in [2.05, 4.69) is 47.5 Å². The van der Waals surface area contributed by atoms with Crippen LogP contribution in [0.5, 0.6) is 5.75 Å². The molecule has 8 amide bonds. The Balaban J connectivity index is 0.0000164. The number of nitrogens with zero attached hydrogens (tertiary/aromatic N) is 6. The molecule has 3 fully saturated rings. The number of rotatable bonds is 29. The average Bonchev–Trinajstić information content (AvgIpc) is 1.42. The summed E-state index contributed by atoms with van der Waals surface area (Å²) in [7, 11) is 1.38. The fraction of sp³-hybridized carbons (Fsp3) is 0.551. The number of thioether (sulfide) groups is 1. The van der Waals surface area contributed by atoms with E-state index in [0.29, 0.717) is 81.9 Å². The second kappa shape index (κ2) is 43.6. The number of aromatic amines is 1. The van der Waals surface area contributed by atoms with Gasteiger partial charge in [0, 0.05) is 178 Å². The maximum Gasteiger partial charge on any atom is 0.317 e. The number of nitrogens with one attached hydrogen (secondary N) is 9. The molecule has 33 heteroatoms. The van der Waals surface area contributed by atoms with Crippen molar-refractivity contribution in [2.75, 3.05) is 143 Å². The molecule has 4 aromatic rings. The first-order valence-electron chi connectivity index (χ1n) is 34.4. The first-order chi connectivity index (χ1) is 48.5. The van der Waals surface area contributed by atoms with Crippen LogP contribution in [-0.4, -0.2) is 310 Å². The fourth-order valence-corrected chi connectivity index (χ4v) is 13.2. The van der Waals surface area contributed by atoms with E-state index in [1.54, 1.807) is 63.4 Å². The Kier molecular flexibility index (Phi) is 35.6. The Morgan fingerprint density at radius 3 is 1.59 bits per heavy atom. The number of carbonyl (C=O) groups is 11. The summed E-state index contributed by atoms with van der Waals surface area (Å²) in [5.74, 6) is -8.49. The van der Waals surface area contributed by atoms with Gasteiger partial charge in [-0.25, -0.2) is 0 Å². The predicted octanol–water partition coefficient (Wildman–Crippen LogP) is -2.16. The van der Waals surface area contributed by atoms with Crippen molar-refractivity contribution in [1.29, 1.82) is 0 Å². The topological polar surface area (TPSA) is 420 Å². The third kappa shape index (κ3) is 28.6. The zero-order valence-corrected chi connectivity index (χ0v) is 60.2. The number of aliphatic hydroxyl groups excluding tert-OH is 1. The molecule has 0 spiro atoms. The van der Waals surface area contributed by atoms with Crippen molar-refractivity contribution < 1.29 is 115 Å². The molecule has 4 heterocycles. The first kappa shape index (κ1) is 83.4. The SMILES string of the molecule is C[C@@H](O)[C@@H]1NC(=O)[C@H](CN2CCNCC2)NC(=O)[C@H](Cc2c[nH]c3ccccc23)NC(=O)[C@H](Cc2ccc(O)cc2)NC(=O)[C@H](CCSCC(=O)NCCCCCCNC(=O)CN2CCN(CC(=O)O)CCN(CC(=O)O)CCN(CC(=O)O)CC2)N(C)C(=O)[C@H](Cc2ccccc2)NC1=O.[Lu]. The Morgan fingerprint density at radius 2 is 1.02 bits per heavy atom. The molecule has 3 aliphatic heterocycles. The van der Waals surface area contributed by atoms with Gasteiger partial charge in [0.2, 0.25) is 47.3 Å². The van der Waals surface area contributed by atoms with E-state index in [9.17, 15) is 63.9 Å². The molecule has 0 saturated carbocycles. The minimum Gasteiger partial charge on any atom is -0.508 e. The van der Waals surface area contributed by atoms with E-state index in [-0.39, 0.29) is 164 Å². The minimum absolute atomic E-state index is 0. The van der Waals surface area contributed by atoms with E-state index >= 15 is 14.4 Å². The molecular formula is C69H99LuN15O16S. The van der Waals surface area contributed by atoms with Crippen molar-refractivity contribution >= 4 is 87.8 Å². The van der Waals surface area contributed by atoms with Crippen molar-refractivity contribution in [1.82, 2.24) is 76.9 Å². The molecule has 1 aromatic heterocycles. The summed E-state index contributed by atoms with van der Waals surface area (Å²) in [6, 6.07) is 13.6. The van der Waals surface area contributed by atoms with Crippen LogP contribution in [0.3, 0.4) is 0 Å². The molecule has 102 heavy (non-hydrogen) atoms. The molecule has 31 nitrogen and oxygen atoms in total. The number of carboxylic acids is 3. The summed E-state index contributed by atoms with van der Waals surface area (Å²) >= 11 is 1.19. The maximum atomic E-state index is 15.2. The van der Waals surface area contributed by atoms with E-state index in [0.717, 1.165) is 23.7 Å². The van der Waals surface area contributed by atoms with Gasteiger partial charge in [0.05, 0.1) is 38.0 Å². The second-order valence-corrected chi connectivity index (χ2v) is 27.0. The number of likely N-dealkylation sites (N-methyl/N-ethyl adjacent to an activating group) is 1. The quantitative estimate of drug-likeness (QED) is 0.0258. The minimum atomic E-state index is -1.65. The number of fused-ring (bicyclic) bond motifs is 1. The zero-order chi connectivity index (χ0) is 72.8. The molecule has 3 aliphatic rings. The molecular weight excluding hydrogens is 1500 g/mol. The van der Waals surface area contributed by atoms with Crippen LogP contribution in [0.15, 0.2) is 85.1 Å². The predicted molar refractivity (Wildman–Crippen MR) is 376 cm³/mol. The van der Waals surface area contributed by atoms with Gasteiger partial charge in [-0.1, -0.05) is 73.5 Å². The van der Waals surface area contributed by atoms with Gasteiger partial charge in [-0.05, 0) is 66.8 Å². The number of aliphatic carboxylic acids is 3. The van der Waals surface area contributed by atoms with Crippen molar-refractivity contribution in [2.24, 2.45) is 0 Å². The molecule has 3 saturated heterocycles. The number of para-hydroxylation sites is 1. The van der Waals surface area contributed by atoms with Gasteiger partial charge in [0.1, 0.15) is 42.0 Å². The Bertz CT molecular complexity index is 3370. The second-order valence-electron chi connectivity index (χ2n) is 25.9. The van der Waals surface area contributed by atoms with E-state index in [1.165, 1.54) is 42.8 Å². The molecule has 0 aliphatic carbocycles. The number of piperazine rings is 1. The van der Waals surface area contributed by atoms with Gasteiger partial charge >= 0.3 is 17.9 Å². The maximum absolute atomic E-state index is 15.2. The van der Waals surface area contributed by atoms with E-state index in [1.807, 2.05) is 34.1 Å². The van der Waals surface area contributed by atoms with Gasteiger partial charge in [-0.15, -0.1) is 0 Å². The number of phenols is 1. The summed E-state index contributed by atoms with van der Waals surface area (Å²) < 4.78 is 0. The number of hydrogen-bond acceptors (Lipinski definition) is 20. The number of phenolic OH excluding ortho intramolecular Hbond substituents is 1. The number of unbranched alkanes of at least 4 members (excludes halogenated alkanes) is 3. The van der Waals surface area contributed by atoms with Crippen LogP contribution in [0, 0.1) is 36.9 Å². The summed E-state index contributed by atoms with van der Waals surface area (Å²) in [6.45, 7) is 5.50. The molecule has 0 unspecified atom stereocenters. The Morgan fingerprint density at radius 1 is 0.539 bits per heavy atom. The molecule has 0 bridgehead atoms. The molecule has 567 valence electrons. The van der Waals surface area contributed by atoms with Crippen LogP contribution in [0.2, 0.25) is 0 Å². The number of aromatic nitrogens is 1. The smallest absolute Gasteiger partial charge is 0.317 e. The van der Waals surface area contributed by atoms with Gasteiger partial charge in [-0.2, -0.15) is 11.8 Å². The largest absolute Gasteiger partial charge is 0.508 e. The molecule has 3 aromatic carbocycles. The van der Waals surface area contributed by atoms with Crippen LogP contribution >= 0.6 is 11.8 Å². The Labute approximate surface area is 626 Å². The van der Waals surface area contributed by atoms with Crippen molar-refractivity contribution in [2.45, 2.75) is 101 Å². The normalized spacial score (nSPS) is 21.6. The van der Waals surface area contributed by atoms with Gasteiger partial charge in [-0.3, -0.25) is 77.2 Å². The van der Waals surface area contributed by atoms with Gasteiger partial charge in [0.25, 0.3) is 0 Å². The number of amides is 8. The summed E-state index contributed by atoms with van der Waals surface area (Å²) in [5.41, 5.74) is 2.53. The van der Waals surface area contributed by atoms with E-state index < -0.39 is 95.7 Å². The molecule has 1 radical (unpaired) electrons. The number of carboxylic acid groups (broad SMARTS) is 3. The molecule has 7 atom stereocenters. The monoisotopic (exact) mass is 1600 g/mol. The molecule has 7 rings (SSSR count). The number of hydrogen-bond donors (Lipinski definition) is 14.